The molecule has 0 radical (unpaired) electrons. The zero-order valence-electron chi connectivity index (χ0n) is 8.60. The molecule has 0 aliphatic heterocycles. The largest absolute Gasteiger partial charge is 0.207 e. The summed E-state index contributed by atoms with van der Waals surface area (Å²) < 4.78 is 13.4. The van der Waals surface area contributed by atoms with Gasteiger partial charge in [-0.3, -0.25) is 0 Å². The average molecular weight is 255 g/mol. The molecule has 0 fully saturated rings. The first-order chi connectivity index (χ1) is 7.58. The number of rotatable bonds is 1. The van der Waals surface area contributed by atoms with Gasteiger partial charge in [0.05, 0.1) is 0 Å². The van der Waals surface area contributed by atoms with E-state index >= 15 is 0 Å². The molecule has 0 aliphatic rings. The molecule has 0 unspecified atom stereocenters. The second kappa shape index (κ2) is 4.44. The Morgan fingerprint density at radius 1 is 1.00 bits per heavy atom. The van der Waals surface area contributed by atoms with Crippen molar-refractivity contribution in [1.29, 1.82) is 0 Å². The Labute approximate surface area is 104 Å². The lowest BCUT2D eigenvalue weighted by molar-refractivity contribution is 0.619. The average Bonchev–Trinajstić information content (AvgIpc) is 2.22. The van der Waals surface area contributed by atoms with Gasteiger partial charge in [0.2, 0.25) is 0 Å². The van der Waals surface area contributed by atoms with Crippen molar-refractivity contribution < 1.29 is 4.39 Å². The van der Waals surface area contributed by atoms with Gasteiger partial charge >= 0.3 is 0 Å². The molecule has 0 aromatic heterocycles. The van der Waals surface area contributed by atoms with Crippen molar-refractivity contribution in [3.05, 3.63) is 57.8 Å². The van der Waals surface area contributed by atoms with Crippen molar-refractivity contribution in [3.63, 3.8) is 0 Å². The van der Waals surface area contributed by atoms with Crippen LogP contribution in [-0.4, -0.2) is 0 Å². The van der Waals surface area contributed by atoms with Gasteiger partial charge in [-0.15, -0.1) is 0 Å². The maximum absolute atomic E-state index is 13.4. The lowest BCUT2D eigenvalue weighted by atomic mass is 10.0. The van der Waals surface area contributed by atoms with E-state index in [1.165, 1.54) is 6.07 Å². The molecule has 0 heterocycles. The minimum absolute atomic E-state index is 0.233. The Hall–Kier alpha value is -1.05. The van der Waals surface area contributed by atoms with E-state index in [4.69, 9.17) is 23.2 Å². The Morgan fingerprint density at radius 2 is 1.75 bits per heavy atom. The van der Waals surface area contributed by atoms with Crippen LogP contribution in [0.15, 0.2) is 36.4 Å². The molecule has 0 atom stereocenters. The summed E-state index contributed by atoms with van der Waals surface area (Å²) in [7, 11) is 0. The molecule has 0 bridgehead atoms. The molecule has 82 valence electrons. The molecule has 0 amide bonds. The first-order valence-corrected chi connectivity index (χ1v) is 5.55. The fourth-order valence-electron chi connectivity index (χ4n) is 1.48. The fourth-order valence-corrected chi connectivity index (χ4v) is 2.00. The van der Waals surface area contributed by atoms with Gasteiger partial charge in [0.15, 0.2) is 0 Å². The van der Waals surface area contributed by atoms with Crippen molar-refractivity contribution in [2.24, 2.45) is 0 Å². The maximum Gasteiger partial charge on any atom is 0.126 e. The number of hydrogen-bond donors (Lipinski definition) is 0. The van der Waals surface area contributed by atoms with Crippen molar-refractivity contribution in [2.45, 2.75) is 6.92 Å². The van der Waals surface area contributed by atoms with Gasteiger partial charge in [0.1, 0.15) is 5.82 Å². The minimum atomic E-state index is -0.233. The van der Waals surface area contributed by atoms with E-state index in [1.807, 2.05) is 6.07 Å². The first-order valence-electron chi connectivity index (χ1n) is 4.79. The summed E-state index contributed by atoms with van der Waals surface area (Å²) in [6, 6.07) is 10.2. The predicted molar refractivity (Wildman–Crippen MR) is 66.6 cm³/mol. The number of hydrogen-bond acceptors (Lipinski definition) is 0. The molecular formula is C13H9Cl2F. The van der Waals surface area contributed by atoms with Crippen molar-refractivity contribution in [3.8, 4) is 11.1 Å². The van der Waals surface area contributed by atoms with Crippen LogP contribution in [0.4, 0.5) is 4.39 Å². The Kier molecular flexibility index (Phi) is 3.17. The molecule has 2 rings (SSSR count). The van der Waals surface area contributed by atoms with Crippen LogP contribution in [0, 0.1) is 12.7 Å². The van der Waals surface area contributed by atoms with E-state index in [0.717, 1.165) is 11.1 Å². The van der Waals surface area contributed by atoms with Crippen LogP contribution in [-0.2, 0) is 0 Å². The van der Waals surface area contributed by atoms with Gasteiger partial charge in [-0.2, -0.15) is 0 Å². The first kappa shape index (κ1) is 11.4. The van der Waals surface area contributed by atoms with Gasteiger partial charge in [-0.1, -0.05) is 41.4 Å². The van der Waals surface area contributed by atoms with Crippen LogP contribution >= 0.6 is 23.2 Å². The fraction of sp³-hybridized carbons (Fsp3) is 0.0769. The van der Waals surface area contributed by atoms with Crippen LogP contribution in [0.5, 0.6) is 0 Å². The van der Waals surface area contributed by atoms with Crippen LogP contribution in [0.1, 0.15) is 5.56 Å². The standard InChI is InChI=1S/C13H9Cl2F/c1-8-2-3-9(6-13(8)16)11-5-4-10(14)7-12(11)15/h2-7H,1H3. The quantitative estimate of drug-likeness (QED) is 0.664. The van der Waals surface area contributed by atoms with Crippen LogP contribution in [0.2, 0.25) is 10.0 Å². The predicted octanol–water partition coefficient (Wildman–Crippen LogP) is 5.11. The highest BCUT2D eigenvalue weighted by Crippen LogP contribution is 2.30. The van der Waals surface area contributed by atoms with E-state index in [0.29, 0.717) is 15.6 Å². The molecule has 0 aliphatic carbocycles. The van der Waals surface area contributed by atoms with Crippen molar-refractivity contribution in [1.82, 2.24) is 0 Å². The van der Waals surface area contributed by atoms with E-state index < -0.39 is 0 Å². The summed E-state index contributed by atoms with van der Waals surface area (Å²) in [5.74, 6) is -0.233. The van der Waals surface area contributed by atoms with Crippen molar-refractivity contribution >= 4 is 23.2 Å². The molecular weight excluding hydrogens is 246 g/mol. The molecule has 2 aromatic rings. The third-order valence-corrected chi connectivity index (χ3v) is 2.96. The highest BCUT2D eigenvalue weighted by Gasteiger charge is 2.06. The summed E-state index contributed by atoms with van der Waals surface area (Å²) in [6.45, 7) is 1.72. The Balaban J connectivity index is 2.54. The monoisotopic (exact) mass is 254 g/mol. The summed E-state index contributed by atoms with van der Waals surface area (Å²) in [5, 5.41) is 1.09. The smallest absolute Gasteiger partial charge is 0.126 e. The van der Waals surface area contributed by atoms with Gasteiger partial charge < -0.3 is 0 Å². The van der Waals surface area contributed by atoms with Gasteiger partial charge in [0.25, 0.3) is 0 Å². The summed E-state index contributed by atoms with van der Waals surface area (Å²) in [4.78, 5) is 0. The lowest BCUT2D eigenvalue weighted by Gasteiger charge is -2.06. The summed E-state index contributed by atoms with van der Waals surface area (Å²) in [5.41, 5.74) is 2.16. The molecule has 0 N–H and O–H groups in total. The molecule has 0 saturated carbocycles. The molecule has 16 heavy (non-hydrogen) atoms. The van der Waals surface area contributed by atoms with Crippen LogP contribution in [0.25, 0.3) is 11.1 Å². The second-order valence-corrected chi connectivity index (χ2v) is 4.43. The highest BCUT2D eigenvalue weighted by molar-refractivity contribution is 6.36. The van der Waals surface area contributed by atoms with Crippen LogP contribution < -0.4 is 0 Å². The molecule has 0 saturated heterocycles. The molecule has 0 nitrogen and oxygen atoms in total. The van der Waals surface area contributed by atoms with Gasteiger partial charge in [-0.25, -0.2) is 4.39 Å². The SMILES string of the molecule is Cc1ccc(-c2ccc(Cl)cc2Cl)cc1F. The second-order valence-electron chi connectivity index (χ2n) is 3.59. The summed E-state index contributed by atoms with van der Waals surface area (Å²) >= 11 is 11.9. The van der Waals surface area contributed by atoms with E-state index in [1.54, 1.807) is 31.2 Å². The summed E-state index contributed by atoms with van der Waals surface area (Å²) in [6.07, 6.45) is 0. The maximum atomic E-state index is 13.4. The molecule has 3 heteroatoms. The third-order valence-electron chi connectivity index (χ3n) is 2.41. The number of halogens is 3. The van der Waals surface area contributed by atoms with E-state index in [-0.39, 0.29) is 5.82 Å². The van der Waals surface area contributed by atoms with Crippen LogP contribution in [0.3, 0.4) is 0 Å². The lowest BCUT2D eigenvalue weighted by Crippen LogP contribution is -1.85. The van der Waals surface area contributed by atoms with Gasteiger partial charge in [-0.05, 0) is 36.2 Å². The third kappa shape index (κ3) is 2.21. The number of aryl methyl sites for hydroxylation is 1. The normalized spacial score (nSPS) is 10.5. The Bertz CT molecular complexity index is 535. The molecule has 0 spiro atoms. The zero-order chi connectivity index (χ0) is 11.7. The Morgan fingerprint density at radius 3 is 2.38 bits per heavy atom. The van der Waals surface area contributed by atoms with Gasteiger partial charge in [0, 0.05) is 15.6 Å². The van der Waals surface area contributed by atoms with Crippen molar-refractivity contribution in [2.75, 3.05) is 0 Å². The molecule has 2 aromatic carbocycles. The zero-order valence-corrected chi connectivity index (χ0v) is 10.1. The highest BCUT2D eigenvalue weighted by atomic mass is 35.5. The minimum Gasteiger partial charge on any atom is -0.207 e. The van der Waals surface area contributed by atoms with E-state index in [2.05, 4.69) is 0 Å². The van der Waals surface area contributed by atoms with E-state index in [9.17, 15) is 4.39 Å². The number of benzene rings is 2. The topological polar surface area (TPSA) is 0 Å².